The van der Waals surface area contributed by atoms with Gasteiger partial charge in [0.2, 0.25) is 0 Å². The first-order chi connectivity index (χ1) is 11.3. The molecule has 0 aromatic carbocycles. The minimum Gasteiger partial charge on any atom is -0.481 e. The van der Waals surface area contributed by atoms with E-state index in [0.29, 0.717) is 5.01 Å². The van der Waals surface area contributed by atoms with Crippen molar-refractivity contribution in [2.24, 2.45) is 11.8 Å². The number of rotatable bonds is 3. The number of hydrogen-bond donors (Lipinski definition) is 1. The van der Waals surface area contributed by atoms with Crippen molar-refractivity contribution in [1.29, 1.82) is 0 Å². The Labute approximate surface area is 142 Å². The maximum Gasteiger partial charge on any atom is 0.394 e. The molecule has 2 atom stereocenters. The summed E-state index contributed by atoms with van der Waals surface area (Å²) in [5.74, 6) is -5.93. The van der Waals surface area contributed by atoms with Crippen LogP contribution in [0.15, 0.2) is 22.9 Å². The normalized spacial score (nSPS) is 21.2. The first-order valence-corrected chi connectivity index (χ1v) is 8.61. The lowest BCUT2D eigenvalue weighted by atomic mass is 9.96. The number of alkyl halides is 3. The first kappa shape index (κ1) is 16.9. The van der Waals surface area contributed by atoms with Crippen molar-refractivity contribution < 1.29 is 27.9 Å². The van der Waals surface area contributed by atoms with E-state index < -0.39 is 43.0 Å². The van der Waals surface area contributed by atoms with E-state index in [-0.39, 0.29) is 5.69 Å². The summed E-state index contributed by atoms with van der Waals surface area (Å²) in [4.78, 5) is 29.4. The van der Waals surface area contributed by atoms with E-state index in [0.717, 1.165) is 9.78 Å². The van der Waals surface area contributed by atoms with Crippen LogP contribution in [0.5, 0.6) is 0 Å². The molecule has 3 heterocycles. The van der Waals surface area contributed by atoms with Crippen LogP contribution in [-0.4, -0.2) is 46.1 Å². The molecule has 1 aliphatic rings. The topological polar surface area (TPSA) is 70.5 Å². The molecule has 1 N–H and O–H groups in total. The van der Waals surface area contributed by atoms with Crippen molar-refractivity contribution in [2.75, 3.05) is 13.1 Å². The highest BCUT2D eigenvalue weighted by Crippen LogP contribution is 2.38. The molecule has 1 fully saturated rings. The predicted octanol–water partition coefficient (Wildman–Crippen LogP) is 3.21. The van der Waals surface area contributed by atoms with Gasteiger partial charge in [0.1, 0.15) is 10.7 Å². The highest BCUT2D eigenvalue weighted by molar-refractivity contribution is 7.20. The van der Waals surface area contributed by atoms with Gasteiger partial charge in [-0.1, -0.05) is 6.07 Å². The van der Waals surface area contributed by atoms with Crippen LogP contribution in [0.1, 0.15) is 10.5 Å². The van der Waals surface area contributed by atoms with Crippen LogP contribution in [0.3, 0.4) is 0 Å². The molecule has 0 radical (unpaired) electrons. The number of hydrogen-bond acceptors (Lipinski definition) is 5. The zero-order valence-electron chi connectivity index (χ0n) is 12.0. The molecule has 0 aliphatic carbocycles. The van der Waals surface area contributed by atoms with E-state index in [1.807, 2.05) is 17.5 Å². The SMILES string of the molecule is O=C(O)[C@@H]1CN(C(=O)c2csc(-c3cccs3)n2)C[C@H]1C(F)(F)F. The summed E-state index contributed by atoms with van der Waals surface area (Å²) >= 11 is 2.66. The van der Waals surface area contributed by atoms with Crippen LogP contribution < -0.4 is 0 Å². The van der Waals surface area contributed by atoms with E-state index in [1.54, 1.807) is 0 Å². The van der Waals surface area contributed by atoms with Crippen LogP contribution >= 0.6 is 22.7 Å². The molecule has 0 saturated carbocycles. The van der Waals surface area contributed by atoms with Gasteiger partial charge < -0.3 is 10.0 Å². The van der Waals surface area contributed by atoms with E-state index in [9.17, 15) is 22.8 Å². The molecule has 10 heteroatoms. The molecule has 24 heavy (non-hydrogen) atoms. The smallest absolute Gasteiger partial charge is 0.394 e. The van der Waals surface area contributed by atoms with Crippen molar-refractivity contribution in [2.45, 2.75) is 6.18 Å². The number of aliphatic carboxylic acids is 1. The summed E-state index contributed by atoms with van der Waals surface area (Å²) in [5, 5.41) is 12.9. The van der Waals surface area contributed by atoms with Gasteiger partial charge in [-0.05, 0) is 11.4 Å². The van der Waals surface area contributed by atoms with Gasteiger partial charge in [0.15, 0.2) is 0 Å². The van der Waals surface area contributed by atoms with Gasteiger partial charge in [-0.25, -0.2) is 4.98 Å². The van der Waals surface area contributed by atoms with Gasteiger partial charge in [0.25, 0.3) is 5.91 Å². The van der Waals surface area contributed by atoms with Gasteiger partial charge in [-0.15, -0.1) is 22.7 Å². The van der Waals surface area contributed by atoms with Crippen LogP contribution in [0.4, 0.5) is 13.2 Å². The number of carbonyl (C=O) groups excluding carboxylic acids is 1. The lowest BCUT2D eigenvalue weighted by Gasteiger charge is -2.18. The quantitative estimate of drug-likeness (QED) is 0.893. The Morgan fingerprint density at radius 1 is 1.29 bits per heavy atom. The lowest BCUT2D eigenvalue weighted by molar-refractivity contribution is -0.187. The molecule has 128 valence electrons. The fraction of sp³-hybridized carbons (Fsp3) is 0.357. The number of carboxylic acid groups (broad SMARTS) is 1. The number of halogens is 3. The second-order valence-corrected chi connectivity index (χ2v) is 7.12. The third kappa shape index (κ3) is 3.16. The van der Waals surface area contributed by atoms with Gasteiger partial charge in [-0.3, -0.25) is 9.59 Å². The van der Waals surface area contributed by atoms with Gasteiger partial charge in [0.05, 0.1) is 16.7 Å². The highest BCUT2D eigenvalue weighted by Gasteiger charge is 2.53. The molecule has 5 nitrogen and oxygen atoms in total. The van der Waals surface area contributed by atoms with Gasteiger partial charge in [-0.2, -0.15) is 13.2 Å². The fourth-order valence-corrected chi connectivity index (χ4v) is 4.21. The van der Waals surface area contributed by atoms with Crippen LogP contribution in [0.2, 0.25) is 0 Å². The Morgan fingerprint density at radius 3 is 2.58 bits per heavy atom. The maximum atomic E-state index is 13.0. The average Bonchev–Trinajstić information content (AvgIpc) is 3.23. The number of aromatic nitrogens is 1. The fourth-order valence-electron chi connectivity index (χ4n) is 2.60. The van der Waals surface area contributed by atoms with E-state index in [1.165, 1.54) is 28.1 Å². The zero-order chi connectivity index (χ0) is 17.5. The first-order valence-electron chi connectivity index (χ1n) is 6.85. The third-order valence-corrected chi connectivity index (χ3v) is 5.68. The van der Waals surface area contributed by atoms with E-state index in [2.05, 4.69) is 4.98 Å². The summed E-state index contributed by atoms with van der Waals surface area (Å²) in [6.45, 7) is -1.13. The van der Waals surface area contributed by atoms with Crippen LogP contribution in [0.25, 0.3) is 9.88 Å². The Morgan fingerprint density at radius 2 is 2.04 bits per heavy atom. The highest BCUT2D eigenvalue weighted by atomic mass is 32.1. The predicted molar refractivity (Wildman–Crippen MR) is 82.0 cm³/mol. The van der Waals surface area contributed by atoms with Gasteiger partial charge >= 0.3 is 12.1 Å². The van der Waals surface area contributed by atoms with Crippen molar-refractivity contribution in [3.63, 3.8) is 0 Å². The average molecular weight is 376 g/mol. The van der Waals surface area contributed by atoms with Gasteiger partial charge in [0, 0.05) is 18.5 Å². The minimum absolute atomic E-state index is 0.0374. The second-order valence-electron chi connectivity index (χ2n) is 5.32. The molecule has 2 aromatic rings. The monoisotopic (exact) mass is 376 g/mol. The number of thiophene rings is 1. The summed E-state index contributed by atoms with van der Waals surface area (Å²) in [5.41, 5.74) is 0.0374. The second kappa shape index (κ2) is 6.17. The number of nitrogens with zero attached hydrogens (tertiary/aromatic N) is 2. The summed E-state index contributed by atoms with van der Waals surface area (Å²) in [6.07, 6.45) is -4.66. The summed E-state index contributed by atoms with van der Waals surface area (Å²) in [7, 11) is 0. The number of amides is 1. The molecule has 1 aliphatic heterocycles. The number of likely N-dealkylation sites (tertiary alicyclic amines) is 1. The molecular weight excluding hydrogens is 365 g/mol. The minimum atomic E-state index is -4.66. The molecule has 3 rings (SSSR count). The van der Waals surface area contributed by atoms with E-state index in [4.69, 9.17) is 5.11 Å². The molecular formula is C14H11F3N2O3S2. The molecule has 0 bridgehead atoms. The molecule has 1 saturated heterocycles. The Kier molecular flexibility index (Phi) is 4.35. The number of carbonyl (C=O) groups is 2. The van der Waals surface area contributed by atoms with Crippen LogP contribution in [0, 0.1) is 11.8 Å². The standard InChI is InChI=1S/C14H11F3N2O3S2/c15-14(16,17)8-5-19(4-7(8)13(21)22)12(20)9-6-24-11(18-9)10-2-1-3-23-10/h1-3,6-8H,4-5H2,(H,21,22)/t7-,8-/m1/s1. The third-order valence-electron chi connectivity index (χ3n) is 3.80. The Hall–Kier alpha value is -1.94. The van der Waals surface area contributed by atoms with Crippen molar-refractivity contribution >= 4 is 34.6 Å². The van der Waals surface area contributed by atoms with Crippen molar-refractivity contribution in [1.82, 2.24) is 9.88 Å². The number of thiazole rings is 1. The van der Waals surface area contributed by atoms with Crippen molar-refractivity contribution in [3.8, 4) is 9.88 Å². The number of carboxylic acids is 1. The van der Waals surface area contributed by atoms with E-state index >= 15 is 0 Å². The maximum absolute atomic E-state index is 13.0. The largest absolute Gasteiger partial charge is 0.481 e. The molecule has 1 amide bonds. The van der Waals surface area contributed by atoms with Crippen molar-refractivity contribution in [3.05, 3.63) is 28.6 Å². The lowest BCUT2D eigenvalue weighted by Crippen LogP contribution is -2.34. The Bertz CT molecular complexity index is 758. The molecule has 2 aromatic heterocycles. The van der Waals surface area contributed by atoms with Crippen LogP contribution in [-0.2, 0) is 4.79 Å². The molecule has 0 spiro atoms. The summed E-state index contributed by atoms with van der Waals surface area (Å²) in [6, 6.07) is 3.66. The zero-order valence-corrected chi connectivity index (χ0v) is 13.6. The molecule has 0 unspecified atom stereocenters. The Balaban J connectivity index is 1.80. The summed E-state index contributed by atoms with van der Waals surface area (Å²) < 4.78 is 39.0.